The first-order chi connectivity index (χ1) is 11.2. The summed E-state index contributed by atoms with van der Waals surface area (Å²) in [4.78, 5) is 26.5. The molecule has 3 heterocycles. The first-order valence-electron chi connectivity index (χ1n) is 7.33. The van der Waals surface area contributed by atoms with Crippen molar-refractivity contribution >= 4 is 33.3 Å². The number of thiophene rings is 1. The number of carbonyl (C=O) groups is 1. The van der Waals surface area contributed by atoms with Crippen LogP contribution in [0.25, 0.3) is 10.2 Å². The highest BCUT2D eigenvalue weighted by Crippen LogP contribution is 2.27. The fourth-order valence-electron chi connectivity index (χ4n) is 2.20. The van der Waals surface area contributed by atoms with Crippen molar-refractivity contribution in [3.05, 3.63) is 47.4 Å². The minimum absolute atomic E-state index is 0.00103. The summed E-state index contributed by atoms with van der Waals surface area (Å²) in [5.74, 6) is 0.780. The van der Waals surface area contributed by atoms with Crippen molar-refractivity contribution in [2.75, 3.05) is 11.9 Å². The maximum absolute atomic E-state index is 11.9. The molecule has 7 heteroatoms. The van der Waals surface area contributed by atoms with Crippen LogP contribution in [-0.2, 0) is 11.3 Å². The smallest absolute Gasteiger partial charge is 0.222 e. The first kappa shape index (κ1) is 15.4. The topological polar surface area (TPSA) is 79.8 Å². The Kier molecular flexibility index (Phi) is 4.77. The monoisotopic (exact) mass is 327 g/mol. The minimum Gasteiger partial charge on any atom is -0.369 e. The molecule has 0 aliphatic heterocycles. The Morgan fingerprint density at radius 2 is 2.09 bits per heavy atom. The maximum atomic E-state index is 11.9. The standard InChI is InChI=1S/C16H17N5OS/c1-11-8-13-15(20-10-21-16(13)23-11)18-7-4-14(22)19-9-12-2-5-17-6-3-12/h2-3,5-6,8,10H,4,7,9H2,1H3,(H,19,22)(H,18,20,21). The molecule has 3 aromatic heterocycles. The quantitative estimate of drug-likeness (QED) is 0.727. The number of nitrogens with zero attached hydrogens (tertiary/aromatic N) is 3. The molecule has 3 rings (SSSR count). The summed E-state index contributed by atoms with van der Waals surface area (Å²) in [7, 11) is 0. The van der Waals surface area contributed by atoms with Crippen LogP contribution in [0.1, 0.15) is 16.9 Å². The number of hydrogen-bond donors (Lipinski definition) is 2. The summed E-state index contributed by atoms with van der Waals surface area (Å²) < 4.78 is 0. The van der Waals surface area contributed by atoms with Crippen molar-refractivity contribution in [3.63, 3.8) is 0 Å². The minimum atomic E-state index is 0.00103. The highest BCUT2D eigenvalue weighted by atomic mass is 32.1. The zero-order chi connectivity index (χ0) is 16.1. The lowest BCUT2D eigenvalue weighted by atomic mass is 10.2. The van der Waals surface area contributed by atoms with Crippen LogP contribution in [0.15, 0.2) is 36.9 Å². The summed E-state index contributed by atoms with van der Waals surface area (Å²) >= 11 is 1.64. The Morgan fingerprint density at radius 1 is 1.26 bits per heavy atom. The van der Waals surface area contributed by atoms with Gasteiger partial charge < -0.3 is 10.6 Å². The molecule has 6 nitrogen and oxygen atoms in total. The highest BCUT2D eigenvalue weighted by molar-refractivity contribution is 7.18. The number of amides is 1. The molecule has 0 saturated carbocycles. The molecule has 0 radical (unpaired) electrons. The largest absolute Gasteiger partial charge is 0.369 e. The van der Waals surface area contributed by atoms with E-state index in [0.717, 1.165) is 21.6 Å². The summed E-state index contributed by atoms with van der Waals surface area (Å²) in [6.07, 6.45) is 5.36. The van der Waals surface area contributed by atoms with E-state index in [1.165, 1.54) is 4.88 Å². The van der Waals surface area contributed by atoms with Crippen molar-refractivity contribution in [3.8, 4) is 0 Å². The lowest BCUT2D eigenvalue weighted by Gasteiger charge is -2.07. The van der Waals surface area contributed by atoms with E-state index >= 15 is 0 Å². The molecule has 0 bridgehead atoms. The molecule has 23 heavy (non-hydrogen) atoms. The summed E-state index contributed by atoms with van der Waals surface area (Å²) in [6, 6.07) is 5.83. The van der Waals surface area contributed by atoms with Crippen molar-refractivity contribution in [1.29, 1.82) is 0 Å². The third kappa shape index (κ3) is 4.01. The Balaban J connectivity index is 1.49. The molecule has 0 aliphatic rings. The lowest BCUT2D eigenvalue weighted by Crippen LogP contribution is -2.25. The van der Waals surface area contributed by atoms with E-state index in [1.807, 2.05) is 19.1 Å². The van der Waals surface area contributed by atoms with Crippen molar-refractivity contribution in [2.24, 2.45) is 0 Å². The number of aryl methyl sites for hydroxylation is 1. The normalized spacial score (nSPS) is 10.7. The van der Waals surface area contributed by atoms with Crippen molar-refractivity contribution in [2.45, 2.75) is 19.9 Å². The average molecular weight is 327 g/mol. The molecule has 0 saturated heterocycles. The van der Waals surface area contributed by atoms with Gasteiger partial charge in [0.25, 0.3) is 0 Å². The van der Waals surface area contributed by atoms with Gasteiger partial charge in [-0.2, -0.15) is 0 Å². The Bertz CT molecular complexity index is 803. The molecule has 0 atom stereocenters. The Hall–Kier alpha value is -2.54. The van der Waals surface area contributed by atoms with Crippen LogP contribution in [-0.4, -0.2) is 27.4 Å². The van der Waals surface area contributed by atoms with E-state index in [9.17, 15) is 4.79 Å². The van der Waals surface area contributed by atoms with Crippen LogP contribution in [0.5, 0.6) is 0 Å². The van der Waals surface area contributed by atoms with E-state index in [1.54, 1.807) is 30.1 Å². The predicted molar refractivity (Wildman–Crippen MR) is 91.3 cm³/mol. The second-order valence-electron chi connectivity index (χ2n) is 5.11. The highest BCUT2D eigenvalue weighted by Gasteiger charge is 2.07. The van der Waals surface area contributed by atoms with Gasteiger partial charge in [-0.1, -0.05) is 0 Å². The second kappa shape index (κ2) is 7.15. The zero-order valence-corrected chi connectivity index (χ0v) is 13.6. The molecule has 0 aromatic carbocycles. The summed E-state index contributed by atoms with van der Waals surface area (Å²) in [5.41, 5.74) is 1.03. The van der Waals surface area contributed by atoms with Gasteiger partial charge in [0.2, 0.25) is 5.91 Å². The number of nitrogens with one attached hydrogen (secondary N) is 2. The molecule has 3 aromatic rings. The molecule has 0 aliphatic carbocycles. The van der Waals surface area contributed by atoms with E-state index in [2.05, 4.69) is 31.7 Å². The Labute approximate surface area is 138 Å². The lowest BCUT2D eigenvalue weighted by molar-refractivity contribution is -0.121. The van der Waals surface area contributed by atoms with E-state index in [4.69, 9.17) is 0 Å². The predicted octanol–water partition coefficient (Wildman–Crippen LogP) is 2.51. The van der Waals surface area contributed by atoms with Gasteiger partial charge in [-0.15, -0.1) is 11.3 Å². The van der Waals surface area contributed by atoms with Crippen LogP contribution < -0.4 is 10.6 Å². The van der Waals surface area contributed by atoms with Gasteiger partial charge in [0, 0.05) is 36.8 Å². The molecular weight excluding hydrogens is 310 g/mol. The Morgan fingerprint density at radius 3 is 2.91 bits per heavy atom. The molecule has 2 N–H and O–H groups in total. The molecule has 0 fully saturated rings. The van der Waals surface area contributed by atoms with Gasteiger partial charge in [-0.05, 0) is 30.7 Å². The van der Waals surface area contributed by atoms with E-state index in [-0.39, 0.29) is 5.91 Å². The summed E-state index contributed by atoms with van der Waals surface area (Å²) in [5, 5.41) is 7.11. The molecule has 0 spiro atoms. The maximum Gasteiger partial charge on any atom is 0.222 e. The van der Waals surface area contributed by atoms with Gasteiger partial charge in [-0.3, -0.25) is 9.78 Å². The first-order valence-corrected chi connectivity index (χ1v) is 8.14. The number of fused-ring (bicyclic) bond motifs is 1. The van der Waals surface area contributed by atoms with Gasteiger partial charge in [0.1, 0.15) is 17.0 Å². The van der Waals surface area contributed by atoms with Gasteiger partial charge in [0.15, 0.2) is 0 Å². The second-order valence-corrected chi connectivity index (χ2v) is 6.34. The fraction of sp³-hybridized carbons (Fsp3) is 0.250. The number of hydrogen-bond acceptors (Lipinski definition) is 6. The van der Waals surface area contributed by atoms with Gasteiger partial charge in [0.05, 0.1) is 5.39 Å². The molecular formula is C16H17N5OS. The van der Waals surface area contributed by atoms with Crippen LogP contribution in [0.2, 0.25) is 0 Å². The van der Waals surface area contributed by atoms with Crippen LogP contribution in [0.3, 0.4) is 0 Å². The van der Waals surface area contributed by atoms with Crippen molar-refractivity contribution < 1.29 is 4.79 Å². The van der Waals surface area contributed by atoms with E-state index < -0.39 is 0 Å². The van der Waals surface area contributed by atoms with Gasteiger partial charge in [-0.25, -0.2) is 9.97 Å². The van der Waals surface area contributed by atoms with Gasteiger partial charge >= 0.3 is 0 Å². The number of rotatable bonds is 6. The van der Waals surface area contributed by atoms with E-state index in [0.29, 0.717) is 19.5 Å². The van der Waals surface area contributed by atoms with Crippen LogP contribution in [0.4, 0.5) is 5.82 Å². The number of aromatic nitrogens is 3. The third-order valence-corrected chi connectivity index (χ3v) is 4.29. The van der Waals surface area contributed by atoms with Crippen molar-refractivity contribution in [1.82, 2.24) is 20.3 Å². The third-order valence-electron chi connectivity index (χ3n) is 3.34. The summed E-state index contributed by atoms with van der Waals surface area (Å²) in [6.45, 7) is 3.09. The number of carbonyl (C=O) groups excluding carboxylic acids is 1. The SMILES string of the molecule is Cc1cc2c(NCCC(=O)NCc3ccncc3)ncnc2s1. The fourth-order valence-corrected chi connectivity index (χ4v) is 3.05. The molecule has 0 unspecified atom stereocenters. The average Bonchev–Trinajstić information content (AvgIpc) is 2.95. The van der Waals surface area contributed by atoms with Crippen LogP contribution in [0, 0.1) is 6.92 Å². The molecule has 118 valence electrons. The molecule has 1 amide bonds. The van der Waals surface area contributed by atoms with Crippen LogP contribution >= 0.6 is 11.3 Å². The number of pyridine rings is 1. The number of anilines is 1. The zero-order valence-electron chi connectivity index (χ0n) is 12.7.